The first-order chi connectivity index (χ1) is 9.31. The number of primary amides is 1. The van der Waals surface area contributed by atoms with Crippen molar-refractivity contribution in [1.29, 1.82) is 0 Å². The molecule has 20 heavy (non-hydrogen) atoms. The Bertz CT molecular complexity index is 474. The number of hydrogen-bond acceptors (Lipinski definition) is 3. The molecule has 0 aliphatic rings. The molecule has 0 saturated heterocycles. The van der Waals surface area contributed by atoms with Gasteiger partial charge in [-0.1, -0.05) is 41.9 Å². The maximum absolute atomic E-state index is 12.3. The highest BCUT2D eigenvalue weighted by molar-refractivity contribution is 9.10. The van der Waals surface area contributed by atoms with Gasteiger partial charge in [-0.2, -0.15) is 0 Å². The first-order valence-corrected chi connectivity index (χ1v) is 7.17. The lowest BCUT2D eigenvalue weighted by Gasteiger charge is -2.26. The molecule has 110 valence electrons. The minimum Gasteiger partial charge on any atom is -0.368 e. The fourth-order valence-electron chi connectivity index (χ4n) is 1.71. The van der Waals surface area contributed by atoms with Gasteiger partial charge in [-0.15, -0.1) is 0 Å². The van der Waals surface area contributed by atoms with Gasteiger partial charge in [0.1, 0.15) is 0 Å². The zero-order valence-electron chi connectivity index (χ0n) is 11.7. The van der Waals surface area contributed by atoms with Gasteiger partial charge in [0.2, 0.25) is 11.8 Å². The van der Waals surface area contributed by atoms with Crippen molar-refractivity contribution in [2.24, 2.45) is 17.4 Å². The number of halogens is 1. The van der Waals surface area contributed by atoms with E-state index in [9.17, 15) is 9.59 Å². The minimum absolute atomic E-state index is 0.00259. The summed E-state index contributed by atoms with van der Waals surface area (Å²) in [5.41, 5.74) is 12.0. The van der Waals surface area contributed by atoms with Crippen molar-refractivity contribution in [3.8, 4) is 0 Å². The molecule has 6 heteroatoms. The summed E-state index contributed by atoms with van der Waals surface area (Å²) < 4.78 is 0.952. The number of rotatable bonds is 6. The second-order valence-electron chi connectivity index (χ2n) is 5.06. The molecular weight excluding hydrogens is 322 g/mol. The van der Waals surface area contributed by atoms with Crippen LogP contribution < -0.4 is 11.5 Å². The molecule has 0 heterocycles. The predicted molar refractivity (Wildman–Crippen MR) is 81.6 cm³/mol. The molecule has 0 spiro atoms. The van der Waals surface area contributed by atoms with Crippen LogP contribution >= 0.6 is 15.9 Å². The predicted octanol–water partition coefficient (Wildman–Crippen LogP) is 1.25. The molecule has 0 aliphatic heterocycles. The number of nitrogens with two attached hydrogens (primary N) is 2. The van der Waals surface area contributed by atoms with Crippen molar-refractivity contribution < 1.29 is 9.59 Å². The Morgan fingerprint density at radius 3 is 2.25 bits per heavy atom. The molecule has 5 nitrogen and oxygen atoms in total. The Balaban J connectivity index is 2.86. The van der Waals surface area contributed by atoms with Crippen molar-refractivity contribution in [2.45, 2.75) is 26.4 Å². The molecule has 0 bridgehead atoms. The van der Waals surface area contributed by atoms with Gasteiger partial charge in [0, 0.05) is 11.0 Å². The number of nitrogens with zero attached hydrogens (tertiary/aromatic N) is 1. The molecule has 0 fully saturated rings. The fraction of sp³-hybridized carbons (Fsp3) is 0.429. The van der Waals surface area contributed by atoms with Crippen LogP contribution in [0.15, 0.2) is 28.7 Å². The van der Waals surface area contributed by atoms with Gasteiger partial charge in [0.05, 0.1) is 12.6 Å². The monoisotopic (exact) mass is 341 g/mol. The fourth-order valence-corrected chi connectivity index (χ4v) is 1.97. The number of carbonyl (C=O) groups is 2. The lowest BCUT2D eigenvalue weighted by Crippen LogP contribution is -2.48. The number of amides is 2. The van der Waals surface area contributed by atoms with E-state index >= 15 is 0 Å². The van der Waals surface area contributed by atoms with E-state index in [2.05, 4.69) is 15.9 Å². The largest absolute Gasteiger partial charge is 0.368 e. The highest BCUT2D eigenvalue weighted by Gasteiger charge is 2.24. The van der Waals surface area contributed by atoms with Gasteiger partial charge in [0.15, 0.2) is 0 Å². The van der Waals surface area contributed by atoms with Crippen molar-refractivity contribution in [3.05, 3.63) is 34.3 Å². The van der Waals surface area contributed by atoms with Gasteiger partial charge < -0.3 is 16.4 Å². The molecule has 0 aromatic heterocycles. The molecule has 1 aromatic carbocycles. The van der Waals surface area contributed by atoms with Crippen molar-refractivity contribution in [2.75, 3.05) is 6.54 Å². The number of hydrogen-bond donors (Lipinski definition) is 2. The maximum Gasteiger partial charge on any atom is 0.240 e. The first-order valence-electron chi connectivity index (χ1n) is 6.38. The van der Waals surface area contributed by atoms with Crippen LogP contribution in [0.2, 0.25) is 0 Å². The third kappa shape index (κ3) is 4.94. The van der Waals surface area contributed by atoms with Crippen LogP contribution in [0.5, 0.6) is 0 Å². The summed E-state index contributed by atoms with van der Waals surface area (Å²) in [5.74, 6) is -0.809. The van der Waals surface area contributed by atoms with Crippen LogP contribution in [0.4, 0.5) is 0 Å². The van der Waals surface area contributed by atoms with E-state index in [1.54, 1.807) is 0 Å². The molecule has 0 saturated carbocycles. The molecule has 4 N–H and O–H groups in total. The molecule has 0 radical (unpaired) electrons. The van der Waals surface area contributed by atoms with E-state index in [1.165, 1.54) is 4.90 Å². The van der Waals surface area contributed by atoms with Gasteiger partial charge in [-0.05, 0) is 23.6 Å². The third-order valence-electron chi connectivity index (χ3n) is 2.95. The Morgan fingerprint density at radius 1 is 1.25 bits per heavy atom. The van der Waals surface area contributed by atoms with E-state index in [4.69, 9.17) is 11.5 Å². The van der Waals surface area contributed by atoms with E-state index in [1.807, 2.05) is 38.1 Å². The van der Waals surface area contributed by atoms with E-state index in [-0.39, 0.29) is 18.4 Å². The Morgan fingerprint density at radius 2 is 1.80 bits per heavy atom. The Kier molecular flexibility index (Phi) is 6.16. The second kappa shape index (κ2) is 7.40. The second-order valence-corrected chi connectivity index (χ2v) is 5.97. The summed E-state index contributed by atoms with van der Waals surface area (Å²) in [6.45, 7) is 3.92. The average molecular weight is 342 g/mol. The van der Waals surface area contributed by atoms with Crippen LogP contribution in [0.25, 0.3) is 0 Å². The van der Waals surface area contributed by atoms with Crippen LogP contribution in [0, 0.1) is 5.92 Å². The smallest absolute Gasteiger partial charge is 0.240 e. The van der Waals surface area contributed by atoms with Crippen molar-refractivity contribution >= 4 is 27.7 Å². The molecular formula is C14H20BrN3O2. The summed E-state index contributed by atoms with van der Waals surface area (Å²) in [4.78, 5) is 24.8. The van der Waals surface area contributed by atoms with Crippen molar-refractivity contribution in [1.82, 2.24) is 4.90 Å². The summed E-state index contributed by atoms with van der Waals surface area (Å²) in [6.07, 6.45) is 0. The van der Waals surface area contributed by atoms with E-state index in [0.717, 1.165) is 10.0 Å². The van der Waals surface area contributed by atoms with Crippen LogP contribution in [-0.2, 0) is 16.1 Å². The summed E-state index contributed by atoms with van der Waals surface area (Å²) >= 11 is 3.35. The summed E-state index contributed by atoms with van der Waals surface area (Å²) in [6, 6.07) is 6.89. The summed E-state index contributed by atoms with van der Waals surface area (Å²) in [5, 5.41) is 0. The van der Waals surface area contributed by atoms with Gasteiger partial charge in [0.25, 0.3) is 0 Å². The topological polar surface area (TPSA) is 89.4 Å². The standard InChI is InChI=1S/C14H20BrN3O2/c1-9(2)13(17)14(20)18(8-12(16)19)7-10-3-5-11(15)6-4-10/h3-6,9,13H,7-8,17H2,1-2H3,(H2,16,19). The molecule has 0 aliphatic carbocycles. The first kappa shape index (κ1) is 16.7. The minimum atomic E-state index is -0.634. The molecule has 2 amide bonds. The highest BCUT2D eigenvalue weighted by Crippen LogP contribution is 2.13. The van der Waals surface area contributed by atoms with E-state index < -0.39 is 11.9 Å². The van der Waals surface area contributed by atoms with Crippen LogP contribution in [0.3, 0.4) is 0 Å². The van der Waals surface area contributed by atoms with Gasteiger partial charge >= 0.3 is 0 Å². The molecule has 1 atom stereocenters. The zero-order valence-corrected chi connectivity index (χ0v) is 13.3. The molecule has 1 aromatic rings. The van der Waals surface area contributed by atoms with Crippen molar-refractivity contribution in [3.63, 3.8) is 0 Å². The quantitative estimate of drug-likeness (QED) is 0.815. The highest BCUT2D eigenvalue weighted by atomic mass is 79.9. The maximum atomic E-state index is 12.3. The normalized spacial score (nSPS) is 12.2. The molecule has 1 unspecified atom stereocenters. The number of carbonyl (C=O) groups excluding carboxylic acids is 2. The van der Waals surface area contributed by atoms with Crippen LogP contribution in [-0.4, -0.2) is 29.3 Å². The molecule has 1 rings (SSSR count). The zero-order chi connectivity index (χ0) is 15.3. The SMILES string of the molecule is CC(C)C(N)C(=O)N(CC(N)=O)Cc1ccc(Br)cc1. The summed E-state index contributed by atoms with van der Waals surface area (Å²) in [7, 11) is 0. The number of benzene rings is 1. The lowest BCUT2D eigenvalue weighted by atomic mass is 10.0. The average Bonchev–Trinajstić information content (AvgIpc) is 2.38. The Hall–Kier alpha value is -1.40. The van der Waals surface area contributed by atoms with Crippen LogP contribution in [0.1, 0.15) is 19.4 Å². The van der Waals surface area contributed by atoms with E-state index in [0.29, 0.717) is 6.54 Å². The Labute approximate surface area is 127 Å². The lowest BCUT2D eigenvalue weighted by molar-refractivity contribution is -0.137. The third-order valence-corrected chi connectivity index (χ3v) is 3.48. The van der Waals surface area contributed by atoms with Gasteiger partial charge in [-0.25, -0.2) is 0 Å². The van der Waals surface area contributed by atoms with Gasteiger partial charge in [-0.3, -0.25) is 9.59 Å².